The van der Waals surface area contributed by atoms with Crippen molar-refractivity contribution in [3.8, 4) is 0 Å². The van der Waals surface area contributed by atoms with Crippen molar-refractivity contribution >= 4 is 41.5 Å². The third-order valence-corrected chi connectivity index (χ3v) is 4.25. The van der Waals surface area contributed by atoms with Gasteiger partial charge in [0.2, 0.25) is 0 Å². The van der Waals surface area contributed by atoms with Gasteiger partial charge in [0.15, 0.2) is 5.96 Å². The number of guanidine groups is 1. The highest BCUT2D eigenvalue weighted by Crippen LogP contribution is 2.14. The Morgan fingerprint density at radius 3 is 2.68 bits per heavy atom. The largest absolute Gasteiger partial charge is 0.389 e. The van der Waals surface area contributed by atoms with Gasteiger partial charge in [-0.15, -0.1) is 24.0 Å². The number of hydrogen-bond acceptors (Lipinski definition) is 3. The van der Waals surface area contributed by atoms with Crippen LogP contribution in [0.1, 0.15) is 18.2 Å². The van der Waals surface area contributed by atoms with Crippen LogP contribution in [-0.4, -0.2) is 53.4 Å². The maximum Gasteiger partial charge on any atom is 0.194 e. The molecular formula is C20H30ClIN4O2. The molecule has 0 saturated carbocycles. The Bertz CT molecular complexity index is 724. The predicted molar refractivity (Wildman–Crippen MR) is 125 cm³/mol. The zero-order valence-corrected chi connectivity index (χ0v) is 19.7. The molecule has 1 aromatic carbocycles. The molecule has 2 N–H and O–H groups in total. The molecule has 6 nitrogen and oxygen atoms in total. The van der Waals surface area contributed by atoms with Gasteiger partial charge in [0.1, 0.15) is 0 Å². The minimum atomic E-state index is -0.653. The normalized spacial score (nSPS) is 12.4. The summed E-state index contributed by atoms with van der Waals surface area (Å²) in [4.78, 5) is 6.54. The third kappa shape index (κ3) is 8.38. The average molecular weight is 521 g/mol. The molecule has 2 rings (SSSR count). The first-order valence-electron chi connectivity index (χ1n) is 9.09. The number of benzene rings is 1. The first-order chi connectivity index (χ1) is 13.0. The molecule has 28 heavy (non-hydrogen) atoms. The molecule has 2 aromatic rings. The predicted octanol–water partition coefficient (Wildman–Crippen LogP) is 3.27. The second-order valence-electron chi connectivity index (χ2n) is 6.47. The third-order valence-electron chi connectivity index (χ3n) is 4.04. The number of halogens is 2. The minimum absolute atomic E-state index is 0. The van der Waals surface area contributed by atoms with Crippen LogP contribution in [0.25, 0.3) is 0 Å². The van der Waals surface area contributed by atoms with E-state index in [1.54, 1.807) is 0 Å². The summed E-state index contributed by atoms with van der Waals surface area (Å²) in [5.74, 6) is 0.733. The van der Waals surface area contributed by atoms with Crippen molar-refractivity contribution in [1.82, 2.24) is 14.8 Å². The minimum Gasteiger partial charge on any atom is -0.389 e. The highest BCUT2D eigenvalue weighted by molar-refractivity contribution is 14.0. The number of aryl methyl sites for hydroxylation is 1. The van der Waals surface area contributed by atoms with Gasteiger partial charge in [-0.2, -0.15) is 0 Å². The Kier molecular flexibility index (Phi) is 11.5. The molecule has 0 aliphatic carbocycles. The Morgan fingerprint density at radius 1 is 1.36 bits per heavy atom. The van der Waals surface area contributed by atoms with Crippen molar-refractivity contribution in [3.05, 3.63) is 58.9 Å². The Hall–Kier alpha value is -1.29. The zero-order chi connectivity index (χ0) is 19.6. The lowest BCUT2D eigenvalue weighted by molar-refractivity contribution is 0.0330. The number of hydrogen-bond donors (Lipinski definition) is 2. The molecule has 8 heteroatoms. The van der Waals surface area contributed by atoms with Gasteiger partial charge in [0.25, 0.3) is 0 Å². The van der Waals surface area contributed by atoms with Gasteiger partial charge in [0.05, 0.1) is 37.4 Å². The zero-order valence-electron chi connectivity index (χ0n) is 16.6. The lowest BCUT2D eigenvalue weighted by Crippen LogP contribution is -2.39. The van der Waals surface area contributed by atoms with Crippen LogP contribution in [0, 0.1) is 0 Å². The molecule has 0 saturated heterocycles. The molecular weight excluding hydrogens is 491 g/mol. The summed E-state index contributed by atoms with van der Waals surface area (Å²) in [6, 6.07) is 11.8. The van der Waals surface area contributed by atoms with Gasteiger partial charge in [-0.3, -0.25) is 4.99 Å². The molecule has 0 aliphatic heterocycles. The van der Waals surface area contributed by atoms with Crippen molar-refractivity contribution < 1.29 is 9.84 Å². The van der Waals surface area contributed by atoms with Crippen molar-refractivity contribution in [2.75, 3.05) is 26.7 Å². The summed E-state index contributed by atoms with van der Waals surface area (Å²) in [7, 11) is 3.92. The Morgan fingerprint density at radius 2 is 2.07 bits per heavy atom. The number of aromatic nitrogens is 1. The van der Waals surface area contributed by atoms with E-state index in [0.717, 1.165) is 23.8 Å². The van der Waals surface area contributed by atoms with Crippen LogP contribution >= 0.6 is 35.6 Å². The molecule has 0 amide bonds. The van der Waals surface area contributed by atoms with Crippen LogP contribution in [0.15, 0.2) is 47.6 Å². The lowest BCUT2D eigenvalue weighted by atomic mass is 10.2. The number of nitrogens with one attached hydrogen (secondary N) is 1. The highest BCUT2D eigenvalue weighted by Gasteiger charge is 2.11. The fourth-order valence-corrected chi connectivity index (χ4v) is 2.91. The SMILES string of the molecule is CCNC(=NCC(O)COCc1ccccc1)N(C)Cc1cc(Cl)cn1C.I. The maximum atomic E-state index is 10.2. The number of aliphatic hydroxyl groups is 1. The summed E-state index contributed by atoms with van der Waals surface area (Å²) >= 11 is 6.05. The first-order valence-corrected chi connectivity index (χ1v) is 9.47. The van der Waals surface area contributed by atoms with E-state index in [2.05, 4.69) is 10.3 Å². The van der Waals surface area contributed by atoms with Gasteiger partial charge in [0, 0.05) is 32.5 Å². The Labute approximate surface area is 189 Å². The molecule has 0 fully saturated rings. The molecule has 1 unspecified atom stereocenters. The van der Waals surface area contributed by atoms with Crippen LogP contribution in [0.3, 0.4) is 0 Å². The average Bonchev–Trinajstić information content (AvgIpc) is 2.96. The maximum absolute atomic E-state index is 10.2. The topological polar surface area (TPSA) is 62.0 Å². The van der Waals surface area contributed by atoms with Gasteiger partial charge in [-0.25, -0.2) is 0 Å². The molecule has 0 aliphatic rings. The monoisotopic (exact) mass is 520 g/mol. The van der Waals surface area contributed by atoms with E-state index in [4.69, 9.17) is 16.3 Å². The highest BCUT2D eigenvalue weighted by atomic mass is 127. The smallest absolute Gasteiger partial charge is 0.194 e. The van der Waals surface area contributed by atoms with Crippen LogP contribution in [0.4, 0.5) is 0 Å². The van der Waals surface area contributed by atoms with E-state index in [0.29, 0.717) is 18.2 Å². The summed E-state index contributed by atoms with van der Waals surface area (Å²) in [6.07, 6.45) is 1.23. The number of rotatable bonds is 9. The van der Waals surface area contributed by atoms with E-state index in [1.807, 2.05) is 73.1 Å². The second kappa shape index (κ2) is 13.0. The van der Waals surface area contributed by atoms with Crippen LogP contribution < -0.4 is 5.32 Å². The fourth-order valence-electron chi connectivity index (χ4n) is 2.64. The molecule has 156 valence electrons. The molecule has 0 bridgehead atoms. The first kappa shape index (κ1) is 24.7. The molecule has 0 radical (unpaired) electrons. The lowest BCUT2D eigenvalue weighted by Gasteiger charge is -2.22. The molecule has 1 aromatic heterocycles. The van der Waals surface area contributed by atoms with Crippen LogP contribution in [0.2, 0.25) is 5.02 Å². The summed E-state index contributed by atoms with van der Waals surface area (Å²) in [5.41, 5.74) is 2.17. The van der Waals surface area contributed by atoms with Crippen molar-refractivity contribution in [2.45, 2.75) is 26.2 Å². The van der Waals surface area contributed by atoms with E-state index in [1.165, 1.54) is 0 Å². The second-order valence-corrected chi connectivity index (χ2v) is 6.90. The summed E-state index contributed by atoms with van der Waals surface area (Å²) < 4.78 is 7.57. The van der Waals surface area contributed by atoms with Gasteiger partial charge in [-0.05, 0) is 18.6 Å². The molecule has 1 atom stereocenters. The van der Waals surface area contributed by atoms with Crippen LogP contribution in [-0.2, 0) is 24.9 Å². The van der Waals surface area contributed by atoms with E-state index < -0.39 is 6.10 Å². The van der Waals surface area contributed by atoms with Crippen molar-refractivity contribution in [1.29, 1.82) is 0 Å². The van der Waals surface area contributed by atoms with E-state index >= 15 is 0 Å². The van der Waals surface area contributed by atoms with Crippen molar-refractivity contribution in [2.24, 2.45) is 12.0 Å². The quantitative estimate of drug-likeness (QED) is 0.303. The van der Waals surface area contributed by atoms with E-state index in [-0.39, 0.29) is 37.1 Å². The standard InChI is InChI=1S/C20H29ClN4O2.HI/c1-4-22-20(25(3)13-18-10-17(21)12-24(18)2)23-11-19(26)15-27-14-16-8-6-5-7-9-16;/h5-10,12,19,26H,4,11,13-15H2,1-3H3,(H,22,23);1H. The number of aliphatic hydroxyl groups excluding tert-OH is 1. The van der Waals surface area contributed by atoms with Gasteiger partial charge < -0.3 is 24.6 Å². The number of nitrogens with zero attached hydrogens (tertiary/aromatic N) is 3. The van der Waals surface area contributed by atoms with Crippen LogP contribution in [0.5, 0.6) is 0 Å². The summed E-state index contributed by atoms with van der Waals surface area (Å²) in [5, 5.41) is 14.1. The fraction of sp³-hybridized carbons (Fsp3) is 0.450. The number of aliphatic imine (C=N–C) groups is 1. The molecule has 0 spiro atoms. The Balaban J connectivity index is 0.00000392. The van der Waals surface area contributed by atoms with Gasteiger partial charge >= 0.3 is 0 Å². The molecule has 1 heterocycles. The van der Waals surface area contributed by atoms with E-state index in [9.17, 15) is 5.11 Å². The van der Waals surface area contributed by atoms with Gasteiger partial charge in [-0.1, -0.05) is 41.9 Å². The van der Waals surface area contributed by atoms with Crippen molar-refractivity contribution in [3.63, 3.8) is 0 Å². The number of ether oxygens (including phenoxy) is 1. The summed E-state index contributed by atoms with van der Waals surface area (Å²) in [6.45, 7) is 4.43.